The number of rotatable bonds is 4. The third-order valence-electron chi connectivity index (χ3n) is 2.27. The molecule has 1 saturated heterocycles. The highest BCUT2D eigenvalue weighted by Crippen LogP contribution is 2.19. The van der Waals surface area contributed by atoms with E-state index in [9.17, 15) is 4.39 Å². The zero-order valence-corrected chi connectivity index (χ0v) is 7.68. The highest BCUT2D eigenvalue weighted by Gasteiger charge is 2.18. The summed E-state index contributed by atoms with van der Waals surface area (Å²) < 4.78 is 18.3. The maximum absolute atomic E-state index is 13.1. The van der Waals surface area contributed by atoms with Crippen LogP contribution in [0.1, 0.15) is 19.3 Å². The number of nitrogens with one attached hydrogen (secondary N) is 1. The number of hydrogen-bond donors (Lipinski definition) is 1. The largest absolute Gasteiger partial charge is 0.381 e. The molecule has 12 heavy (non-hydrogen) atoms. The van der Waals surface area contributed by atoms with Crippen LogP contribution in [0.25, 0.3) is 0 Å². The van der Waals surface area contributed by atoms with Crippen molar-refractivity contribution in [2.24, 2.45) is 5.92 Å². The van der Waals surface area contributed by atoms with Crippen LogP contribution in [0.2, 0.25) is 0 Å². The molecule has 1 N–H and O–H groups in total. The van der Waals surface area contributed by atoms with Gasteiger partial charge in [-0.25, -0.2) is 4.39 Å². The van der Waals surface area contributed by atoms with E-state index in [1.807, 2.05) is 0 Å². The highest BCUT2D eigenvalue weighted by molar-refractivity contribution is 4.69. The maximum atomic E-state index is 13.1. The van der Waals surface area contributed by atoms with E-state index in [1.165, 1.54) is 0 Å². The van der Waals surface area contributed by atoms with Crippen LogP contribution in [0.4, 0.5) is 4.39 Å². The molecule has 0 spiro atoms. The summed E-state index contributed by atoms with van der Waals surface area (Å²) >= 11 is 0. The van der Waals surface area contributed by atoms with Crippen LogP contribution in [-0.2, 0) is 4.74 Å². The average Bonchev–Trinajstić information content (AvgIpc) is 2.06. The molecule has 0 saturated carbocycles. The smallest absolute Gasteiger partial charge is 0.113 e. The van der Waals surface area contributed by atoms with Gasteiger partial charge in [0.05, 0.1) is 0 Å². The standard InChI is InChI=1S/C9H18FNO/c1-11-6-9(10)5-8-3-2-4-12-7-8/h8-9,11H,2-7H2,1H3/t8-,9-/m1/s1. The van der Waals surface area contributed by atoms with E-state index in [2.05, 4.69) is 5.32 Å². The third-order valence-corrected chi connectivity index (χ3v) is 2.27. The molecule has 2 nitrogen and oxygen atoms in total. The van der Waals surface area contributed by atoms with Gasteiger partial charge >= 0.3 is 0 Å². The number of halogens is 1. The SMILES string of the molecule is CNC[C@H](F)C[C@H]1CCCOC1. The van der Waals surface area contributed by atoms with E-state index >= 15 is 0 Å². The fourth-order valence-corrected chi connectivity index (χ4v) is 1.66. The molecule has 0 bridgehead atoms. The van der Waals surface area contributed by atoms with Crippen molar-refractivity contribution in [1.29, 1.82) is 0 Å². The van der Waals surface area contributed by atoms with Gasteiger partial charge in [-0.3, -0.25) is 0 Å². The Bertz CT molecular complexity index is 115. The summed E-state index contributed by atoms with van der Waals surface area (Å²) in [6.45, 7) is 2.08. The first-order valence-electron chi connectivity index (χ1n) is 4.69. The zero-order chi connectivity index (χ0) is 8.81. The fourth-order valence-electron chi connectivity index (χ4n) is 1.66. The summed E-state index contributed by atoms with van der Waals surface area (Å²) in [5.41, 5.74) is 0. The lowest BCUT2D eigenvalue weighted by atomic mass is 9.96. The van der Waals surface area contributed by atoms with Crippen LogP contribution in [-0.4, -0.2) is 33.0 Å². The van der Waals surface area contributed by atoms with Gasteiger partial charge in [-0.2, -0.15) is 0 Å². The van der Waals surface area contributed by atoms with Gasteiger partial charge in [0, 0.05) is 19.8 Å². The molecule has 0 aromatic rings. The molecular formula is C9H18FNO. The van der Waals surface area contributed by atoms with Crippen LogP contribution < -0.4 is 5.32 Å². The maximum Gasteiger partial charge on any atom is 0.113 e. The second kappa shape index (κ2) is 5.49. The lowest BCUT2D eigenvalue weighted by Crippen LogP contribution is -2.26. The Kier molecular flexibility index (Phi) is 4.54. The minimum atomic E-state index is -0.707. The fraction of sp³-hybridized carbons (Fsp3) is 1.00. The van der Waals surface area contributed by atoms with E-state index < -0.39 is 6.17 Å². The zero-order valence-electron chi connectivity index (χ0n) is 7.68. The van der Waals surface area contributed by atoms with E-state index in [0.29, 0.717) is 18.9 Å². The molecule has 1 rings (SSSR count). The van der Waals surface area contributed by atoms with E-state index in [-0.39, 0.29) is 0 Å². The Morgan fingerprint density at radius 3 is 3.08 bits per heavy atom. The molecule has 0 radical (unpaired) electrons. The summed E-state index contributed by atoms with van der Waals surface area (Å²) in [5, 5.41) is 2.84. The van der Waals surface area contributed by atoms with Gasteiger partial charge < -0.3 is 10.1 Å². The summed E-state index contributed by atoms with van der Waals surface area (Å²) in [6.07, 6.45) is 2.17. The van der Waals surface area contributed by atoms with Gasteiger partial charge in [-0.15, -0.1) is 0 Å². The molecule has 0 aromatic heterocycles. The van der Waals surface area contributed by atoms with Gasteiger partial charge in [0.2, 0.25) is 0 Å². The molecule has 0 amide bonds. The monoisotopic (exact) mass is 175 g/mol. The minimum Gasteiger partial charge on any atom is -0.381 e. The van der Waals surface area contributed by atoms with Crippen molar-refractivity contribution in [3.8, 4) is 0 Å². The average molecular weight is 175 g/mol. The first-order chi connectivity index (χ1) is 5.83. The minimum absolute atomic E-state index is 0.446. The van der Waals surface area contributed by atoms with Gasteiger partial charge in [0.25, 0.3) is 0 Å². The highest BCUT2D eigenvalue weighted by atomic mass is 19.1. The molecule has 0 unspecified atom stereocenters. The Hall–Kier alpha value is -0.150. The molecule has 0 aliphatic carbocycles. The summed E-state index contributed by atoms with van der Waals surface area (Å²) in [7, 11) is 1.78. The van der Waals surface area contributed by atoms with Crippen LogP contribution in [0.15, 0.2) is 0 Å². The van der Waals surface area contributed by atoms with E-state index in [4.69, 9.17) is 4.74 Å². The number of hydrogen-bond acceptors (Lipinski definition) is 2. The summed E-state index contributed by atoms with van der Waals surface area (Å²) in [4.78, 5) is 0. The van der Waals surface area contributed by atoms with Crippen molar-refractivity contribution in [1.82, 2.24) is 5.32 Å². The second-order valence-electron chi connectivity index (χ2n) is 3.47. The topological polar surface area (TPSA) is 21.3 Å². The predicted molar refractivity (Wildman–Crippen MR) is 47.0 cm³/mol. The predicted octanol–water partition coefficient (Wildman–Crippen LogP) is 1.36. The molecule has 1 heterocycles. The molecule has 1 fully saturated rings. The van der Waals surface area contributed by atoms with E-state index in [1.54, 1.807) is 7.05 Å². The van der Waals surface area contributed by atoms with Crippen LogP contribution >= 0.6 is 0 Å². The van der Waals surface area contributed by atoms with Gasteiger partial charge in [0.1, 0.15) is 6.17 Å². The van der Waals surface area contributed by atoms with Gasteiger partial charge in [0.15, 0.2) is 0 Å². The molecule has 72 valence electrons. The van der Waals surface area contributed by atoms with E-state index in [0.717, 1.165) is 26.1 Å². The molecule has 2 atom stereocenters. The first kappa shape index (κ1) is 9.93. The van der Waals surface area contributed by atoms with Crippen molar-refractivity contribution < 1.29 is 9.13 Å². The molecule has 3 heteroatoms. The van der Waals surface area contributed by atoms with Crippen molar-refractivity contribution >= 4 is 0 Å². The van der Waals surface area contributed by atoms with Gasteiger partial charge in [-0.1, -0.05) is 0 Å². The van der Waals surface area contributed by atoms with Gasteiger partial charge in [-0.05, 0) is 32.2 Å². The summed E-state index contributed by atoms with van der Waals surface area (Å²) in [5.74, 6) is 0.446. The van der Waals surface area contributed by atoms with Crippen LogP contribution in [0.5, 0.6) is 0 Å². The molecule has 1 aliphatic heterocycles. The first-order valence-corrected chi connectivity index (χ1v) is 4.69. The van der Waals surface area contributed by atoms with Crippen LogP contribution in [0.3, 0.4) is 0 Å². The molecular weight excluding hydrogens is 157 g/mol. The Morgan fingerprint density at radius 1 is 1.67 bits per heavy atom. The molecule has 0 aromatic carbocycles. The number of alkyl halides is 1. The third kappa shape index (κ3) is 3.50. The van der Waals surface area contributed by atoms with Crippen molar-refractivity contribution in [3.63, 3.8) is 0 Å². The van der Waals surface area contributed by atoms with Crippen molar-refractivity contribution in [2.75, 3.05) is 26.8 Å². The Morgan fingerprint density at radius 2 is 2.50 bits per heavy atom. The summed E-state index contributed by atoms with van der Waals surface area (Å²) in [6, 6.07) is 0. The Balaban J connectivity index is 2.11. The number of ether oxygens (including phenoxy) is 1. The lowest BCUT2D eigenvalue weighted by Gasteiger charge is -2.23. The second-order valence-corrected chi connectivity index (χ2v) is 3.47. The lowest BCUT2D eigenvalue weighted by molar-refractivity contribution is 0.0418. The Labute approximate surface area is 73.5 Å². The van der Waals surface area contributed by atoms with Crippen LogP contribution in [0, 0.1) is 5.92 Å². The van der Waals surface area contributed by atoms with Crippen molar-refractivity contribution in [2.45, 2.75) is 25.4 Å². The van der Waals surface area contributed by atoms with Crippen molar-refractivity contribution in [3.05, 3.63) is 0 Å². The molecule has 1 aliphatic rings. The normalized spacial score (nSPS) is 27.0. The quantitative estimate of drug-likeness (QED) is 0.696.